The van der Waals surface area contributed by atoms with E-state index in [-0.39, 0.29) is 5.54 Å². The van der Waals surface area contributed by atoms with Crippen LogP contribution in [0.5, 0.6) is 0 Å². The second-order valence-corrected chi connectivity index (χ2v) is 11.0. The molecule has 0 bridgehead atoms. The smallest absolute Gasteiger partial charge is 0.328 e. The number of aliphatic hydroxyl groups excluding tert-OH is 1. The quantitative estimate of drug-likeness (QED) is 0.332. The van der Waals surface area contributed by atoms with Crippen molar-refractivity contribution >= 4 is 24.0 Å². The van der Waals surface area contributed by atoms with Crippen LogP contribution < -0.4 is 5.32 Å². The lowest BCUT2D eigenvalue weighted by Gasteiger charge is -2.31. The van der Waals surface area contributed by atoms with Crippen LogP contribution in [0.2, 0.25) is 0 Å². The normalized spacial score (nSPS) is 15.3. The van der Waals surface area contributed by atoms with Crippen LogP contribution >= 0.6 is 11.9 Å². The number of aliphatic carboxylic acids is 1. The van der Waals surface area contributed by atoms with E-state index in [1.54, 1.807) is 18.0 Å². The van der Waals surface area contributed by atoms with Crippen LogP contribution in [-0.4, -0.2) is 52.3 Å². The van der Waals surface area contributed by atoms with E-state index in [1.165, 1.54) is 11.1 Å². The Kier molecular flexibility index (Phi) is 8.76. The van der Waals surface area contributed by atoms with Crippen molar-refractivity contribution in [3.8, 4) is 0 Å². The van der Waals surface area contributed by atoms with Crippen LogP contribution in [0.25, 0.3) is 6.08 Å². The number of carbonyl (C=O) groups is 1. The first kappa shape index (κ1) is 25.5. The Bertz CT molecular complexity index is 964. The summed E-state index contributed by atoms with van der Waals surface area (Å²) in [6.07, 6.45) is 5.64. The van der Waals surface area contributed by atoms with Crippen molar-refractivity contribution in [3.63, 3.8) is 0 Å². The molecule has 3 N–H and O–H groups in total. The summed E-state index contributed by atoms with van der Waals surface area (Å²) in [7, 11) is 1.98. The third kappa shape index (κ3) is 8.00. The lowest BCUT2D eigenvalue weighted by Crippen LogP contribution is -2.46. The summed E-state index contributed by atoms with van der Waals surface area (Å²) in [5.74, 6) is -0.304. The minimum atomic E-state index is -0.954. The molecule has 1 aliphatic carbocycles. The summed E-state index contributed by atoms with van der Waals surface area (Å²) in [4.78, 5) is 11.8. The predicted octanol–water partition coefficient (Wildman–Crippen LogP) is 4.57. The minimum absolute atomic E-state index is 0.0324. The summed E-state index contributed by atoms with van der Waals surface area (Å²) in [6.45, 7) is 7.56. The molecule has 0 spiro atoms. The van der Waals surface area contributed by atoms with Crippen molar-refractivity contribution in [1.82, 2.24) is 9.62 Å². The number of aliphatic hydroxyl groups is 1. The number of carboxylic acid groups (broad SMARTS) is 1. The maximum Gasteiger partial charge on any atom is 0.328 e. The zero-order chi connectivity index (χ0) is 24.0. The highest BCUT2D eigenvalue weighted by atomic mass is 32.2. The van der Waals surface area contributed by atoms with E-state index in [1.807, 2.05) is 36.5 Å². The zero-order valence-electron chi connectivity index (χ0n) is 20.0. The van der Waals surface area contributed by atoms with Crippen molar-refractivity contribution in [3.05, 3.63) is 70.8 Å². The van der Waals surface area contributed by atoms with Gasteiger partial charge in [0.1, 0.15) is 0 Å². The fraction of sp³-hybridized carbons (Fsp3) is 0.444. The lowest BCUT2D eigenvalue weighted by atomic mass is 9.88. The number of likely N-dealkylation sites (N-methyl/N-ethyl adjacent to an activating group) is 1. The summed E-state index contributed by atoms with van der Waals surface area (Å²) >= 11 is 1.59. The predicted molar refractivity (Wildman–Crippen MR) is 136 cm³/mol. The van der Waals surface area contributed by atoms with Gasteiger partial charge in [0.15, 0.2) is 0 Å². The zero-order valence-corrected chi connectivity index (χ0v) is 20.9. The van der Waals surface area contributed by atoms with Crippen LogP contribution in [0.15, 0.2) is 53.4 Å². The Balaban J connectivity index is 1.43. The molecular weight excluding hydrogens is 432 g/mol. The molecule has 0 radical (unpaired) electrons. The number of nitrogens with zero attached hydrogens (tertiary/aromatic N) is 1. The minimum Gasteiger partial charge on any atom is -0.478 e. The van der Waals surface area contributed by atoms with Crippen LogP contribution in [0.1, 0.15) is 42.5 Å². The summed E-state index contributed by atoms with van der Waals surface area (Å²) in [5, 5.41) is 23.0. The molecule has 0 heterocycles. The van der Waals surface area contributed by atoms with Gasteiger partial charge in [0.05, 0.1) is 6.10 Å². The third-order valence-corrected chi connectivity index (χ3v) is 7.21. The maximum absolute atomic E-state index is 10.7. The van der Waals surface area contributed by atoms with Gasteiger partial charge in [-0.2, -0.15) is 0 Å². The van der Waals surface area contributed by atoms with E-state index in [9.17, 15) is 9.90 Å². The first-order valence-corrected chi connectivity index (χ1v) is 12.3. The van der Waals surface area contributed by atoms with Gasteiger partial charge in [0, 0.05) is 29.6 Å². The summed E-state index contributed by atoms with van der Waals surface area (Å²) in [6, 6.07) is 14.6. The molecule has 0 saturated heterocycles. The van der Waals surface area contributed by atoms with Gasteiger partial charge in [0.25, 0.3) is 0 Å². The molecule has 0 saturated carbocycles. The van der Waals surface area contributed by atoms with Gasteiger partial charge in [0.2, 0.25) is 0 Å². The molecule has 1 aliphatic rings. The monoisotopic (exact) mass is 468 g/mol. The van der Waals surface area contributed by atoms with Gasteiger partial charge in [-0.1, -0.05) is 36.4 Å². The number of β-amino-alcohol motifs (C(OH)–C–C–N with tert-alkyl or cyclic N) is 1. The lowest BCUT2D eigenvalue weighted by molar-refractivity contribution is -0.131. The van der Waals surface area contributed by atoms with Crippen molar-refractivity contribution in [2.24, 2.45) is 5.92 Å². The van der Waals surface area contributed by atoms with Gasteiger partial charge < -0.3 is 15.5 Å². The van der Waals surface area contributed by atoms with Crippen molar-refractivity contribution in [2.45, 2.75) is 56.6 Å². The highest BCUT2D eigenvalue weighted by Gasteiger charge is 2.28. The standard InChI is InChI=1S/C27H36N2O3S/c1-19-13-20(10-12-26(31)32)9-11-25(19)33-29(4)18-24(30)17-28-27(2,3)16-21-14-22-7-5-6-8-23(22)15-21/h5-13,21,24,28,30H,14-18H2,1-4H3,(H,31,32)/b12-10+/t24-/m1/s1. The van der Waals surface area contributed by atoms with Gasteiger partial charge >= 0.3 is 5.97 Å². The number of benzene rings is 2. The van der Waals surface area contributed by atoms with E-state index in [0.29, 0.717) is 19.0 Å². The number of fused-ring (bicyclic) bond motifs is 1. The molecule has 6 heteroatoms. The Labute approximate surface area is 202 Å². The molecule has 0 aliphatic heterocycles. The molecule has 0 fully saturated rings. The Morgan fingerprint density at radius 2 is 1.91 bits per heavy atom. The molecular formula is C27H36N2O3S. The van der Waals surface area contributed by atoms with Crippen LogP contribution in [0, 0.1) is 12.8 Å². The Hall–Kier alpha value is -2.12. The van der Waals surface area contributed by atoms with E-state index in [0.717, 1.165) is 41.4 Å². The Morgan fingerprint density at radius 1 is 1.24 bits per heavy atom. The summed E-state index contributed by atoms with van der Waals surface area (Å²) in [5.41, 5.74) is 4.87. The molecule has 33 heavy (non-hydrogen) atoms. The molecule has 5 nitrogen and oxygen atoms in total. The second kappa shape index (κ2) is 11.3. The van der Waals surface area contributed by atoms with E-state index >= 15 is 0 Å². The average Bonchev–Trinajstić information content (AvgIpc) is 3.14. The third-order valence-electron chi connectivity index (χ3n) is 6.09. The molecule has 0 unspecified atom stereocenters. The van der Waals surface area contributed by atoms with E-state index < -0.39 is 12.1 Å². The van der Waals surface area contributed by atoms with Crippen molar-refractivity contribution < 1.29 is 15.0 Å². The molecule has 178 valence electrons. The van der Waals surface area contributed by atoms with Gasteiger partial charge in [-0.15, -0.1) is 0 Å². The van der Waals surface area contributed by atoms with Crippen LogP contribution in [0.3, 0.4) is 0 Å². The highest BCUT2D eigenvalue weighted by molar-refractivity contribution is 7.97. The number of hydrogen-bond acceptors (Lipinski definition) is 5. The topological polar surface area (TPSA) is 72.8 Å². The SMILES string of the molecule is Cc1cc(/C=C/C(=O)O)ccc1SN(C)C[C@H](O)CNC(C)(C)CC1Cc2ccccc2C1. The van der Waals surface area contributed by atoms with Crippen LogP contribution in [-0.2, 0) is 17.6 Å². The second-order valence-electron chi connectivity index (χ2n) is 9.76. The first-order valence-electron chi connectivity index (χ1n) is 11.5. The van der Waals surface area contributed by atoms with Crippen molar-refractivity contribution in [2.75, 3.05) is 20.1 Å². The van der Waals surface area contributed by atoms with Gasteiger partial charge in [-0.3, -0.25) is 0 Å². The molecule has 0 amide bonds. The molecule has 2 aromatic rings. The first-order chi connectivity index (χ1) is 15.6. The summed E-state index contributed by atoms with van der Waals surface area (Å²) < 4.78 is 2.04. The highest BCUT2D eigenvalue weighted by Crippen LogP contribution is 2.32. The molecule has 0 aromatic heterocycles. The van der Waals surface area contributed by atoms with Crippen molar-refractivity contribution in [1.29, 1.82) is 0 Å². The number of nitrogens with one attached hydrogen (secondary N) is 1. The van der Waals surface area contributed by atoms with E-state index in [4.69, 9.17) is 5.11 Å². The van der Waals surface area contributed by atoms with E-state index in [2.05, 4.69) is 43.4 Å². The Morgan fingerprint density at radius 3 is 2.52 bits per heavy atom. The largest absolute Gasteiger partial charge is 0.478 e. The van der Waals surface area contributed by atoms with Crippen LogP contribution in [0.4, 0.5) is 0 Å². The van der Waals surface area contributed by atoms with Gasteiger partial charge in [-0.05, 0) is 99.3 Å². The number of hydrogen-bond donors (Lipinski definition) is 3. The number of rotatable bonds is 11. The fourth-order valence-electron chi connectivity index (χ4n) is 4.59. The number of aryl methyl sites for hydroxylation is 1. The van der Waals surface area contributed by atoms with Gasteiger partial charge in [-0.25, -0.2) is 9.10 Å². The maximum atomic E-state index is 10.7. The molecule has 3 rings (SSSR count). The average molecular weight is 469 g/mol. The molecule has 2 aromatic carbocycles. The molecule has 1 atom stereocenters. The number of carboxylic acids is 1. The fourth-order valence-corrected chi connectivity index (χ4v) is 5.51.